The zero-order valence-corrected chi connectivity index (χ0v) is 17.0. The average Bonchev–Trinajstić information content (AvgIpc) is 3.00. The van der Waals surface area contributed by atoms with Crippen molar-refractivity contribution in [3.63, 3.8) is 0 Å². The van der Waals surface area contributed by atoms with Crippen LogP contribution in [0.2, 0.25) is 0 Å². The molecule has 1 fully saturated rings. The summed E-state index contributed by atoms with van der Waals surface area (Å²) in [6.45, 7) is 3.50. The summed E-state index contributed by atoms with van der Waals surface area (Å²) in [5, 5.41) is 2.87. The summed E-state index contributed by atoms with van der Waals surface area (Å²) in [6, 6.07) is 5.78. The second-order valence-corrected chi connectivity index (χ2v) is 6.74. The molecule has 0 spiro atoms. The zero-order chi connectivity index (χ0) is 19.1. The summed E-state index contributed by atoms with van der Waals surface area (Å²) in [6.07, 6.45) is 1.70. The average molecular weight is 400 g/mol. The molecule has 1 aliphatic heterocycles. The number of carbonyl (C=O) groups excluding carboxylic acids is 2. The maximum Gasteiger partial charge on any atom is 0.225 e. The molecule has 0 radical (unpaired) electrons. The SMILES string of the molecule is COc1ccc(CCN2CC(C(=O)NCCC(C)N)CC2=O)cc1OC.Cl. The van der Waals surface area contributed by atoms with Crippen molar-refractivity contribution < 1.29 is 19.1 Å². The Kier molecular flexibility index (Phi) is 9.38. The number of methoxy groups -OCH3 is 2. The molecule has 7 nitrogen and oxygen atoms in total. The Balaban J connectivity index is 0.00000364. The number of nitrogens with two attached hydrogens (primary N) is 1. The van der Waals surface area contributed by atoms with Crippen LogP contribution >= 0.6 is 12.4 Å². The molecule has 0 aliphatic carbocycles. The second kappa shape index (κ2) is 11.0. The summed E-state index contributed by atoms with van der Waals surface area (Å²) in [5.74, 6) is 1.03. The fourth-order valence-electron chi connectivity index (χ4n) is 3.03. The monoisotopic (exact) mass is 399 g/mol. The lowest BCUT2D eigenvalue weighted by Gasteiger charge is -2.17. The summed E-state index contributed by atoms with van der Waals surface area (Å²) < 4.78 is 10.5. The van der Waals surface area contributed by atoms with Gasteiger partial charge in [-0.3, -0.25) is 9.59 Å². The van der Waals surface area contributed by atoms with Crippen molar-refractivity contribution in [3.05, 3.63) is 23.8 Å². The third-order valence-corrected chi connectivity index (χ3v) is 4.60. The lowest BCUT2D eigenvalue weighted by atomic mass is 10.1. The number of nitrogens with zero attached hydrogens (tertiary/aromatic N) is 1. The molecule has 0 aromatic heterocycles. The minimum Gasteiger partial charge on any atom is -0.493 e. The van der Waals surface area contributed by atoms with Gasteiger partial charge in [-0.25, -0.2) is 0 Å². The first kappa shape index (κ1) is 23.0. The van der Waals surface area contributed by atoms with Crippen LogP contribution in [-0.2, 0) is 16.0 Å². The van der Waals surface area contributed by atoms with E-state index in [4.69, 9.17) is 15.2 Å². The first-order valence-electron chi connectivity index (χ1n) is 8.96. The van der Waals surface area contributed by atoms with Crippen molar-refractivity contribution in [3.8, 4) is 11.5 Å². The second-order valence-electron chi connectivity index (χ2n) is 6.74. The summed E-state index contributed by atoms with van der Waals surface area (Å²) in [7, 11) is 3.19. The van der Waals surface area contributed by atoms with Gasteiger partial charge in [0, 0.05) is 32.1 Å². The van der Waals surface area contributed by atoms with Gasteiger partial charge in [-0.15, -0.1) is 12.4 Å². The van der Waals surface area contributed by atoms with Gasteiger partial charge in [0.05, 0.1) is 20.1 Å². The molecule has 3 N–H and O–H groups in total. The van der Waals surface area contributed by atoms with E-state index in [0.29, 0.717) is 37.6 Å². The van der Waals surface area contributed by atoms with Gasteiger partial charge in [-0.05, 0) is 37.5 Å². The van der Waals surface area contributed by atoms with Crippen molar-refractivity contribution in [1.82, 2.24) is 10.2 Å². The summed E-state index contributed by atoms with van der Waals surface area (Å²) in [5.41, 5.74) is 6.74. The van der Waals surface area contributed by atoms with Gasteiger partial charge >= 0.3 is 0 Å². The van der Waals surface area contributed by atoms with Gasteiger partial charge in [0.1, 0.15) is 0 Å². The van der Waals surface area contributed by atoms with Crippen LogP contribution in [0.25, 0.3) is 0 Å². The maximum absolute atomic E-state index is 12.2. The number of likely N-dealkylation sites (tertiary alicyclic amines) is 1. The number of hydrogen-bond acceptors (Lipinski definition) is 5. The van der Waals surface area contributed by atoms with Crippen molar-refractivity contribution in [2.75, 3.05) is 33.9 Å². The highest BCUT2D eigenvalue weighted by Crippen LogP contribution is 2.28. The van der Waals surface area contributed by atoms with Crippen LogP contribution in [0, 0.1) is 5.92 Å². The molecule has 1 aromatic carbocycles. The van der Waals surface area contributed by atoms with Crippen LogP contribution in [0.3, 0.4) is 0 Å². The Morgan fingerprint density at radius 2 is 2.04 bits per heavy atom. The Morgan fingerprint density at radius 1 is 1.33 bits per heavy atom. The molecule has 152 valence electrons. The summed E-state index contributed by atoms with van der Waals surface area (Å²) >= 11 is 0. The predicted molar refractivity (Wildman–Crippen MR) is 106 cm³/mol. The predicted octanol–water partition coefficient (Wildman–Crippen LogP) is 1.37. The highest BCUT2D eigenvalue weighted by Gasteiger charge is 2.33. The minimum absolute atomic E-state index is 0. The van der Waals surface area contributed by atoms with E-state index < -0.39 is 0 Å². The van der Waals surface area contributed by atoms with Crippen LogP contribution in [0.15, 0.2) is 18.2 Å². The fraction of sp³-hybridized carbons (Fsp3) is 0.579. The number of nitrogens with one attached hydrogen (secondary N) is 1. The smallest absolute Gasteiger partial charge is 0.225 e. The zero-order valence-electron chi connectivity index (χ0n) is 16.2. The number of amides is 2. The third kappa shape index (κ3) is 6.59. The number of carbonyl (C=O) groups is 2. The van der Waals surface area contributed by atoms with Crippen LogP contribution in [0.5, 0.6) is 11.5 Å². The Labute approximate surface area is 167 Å². The fourth-order valence-corrected chi connectivity index (χ4v) is 3.03. The normalized spacial score (nSPS) is 17.3. The van der Waals surface area contributed by atoms with E-state index in [1.807, 2.05) is 25.1 Å². The lowest BCUT2D eigenvalue weighted by molar-refractivity contribution is -0.129. The molecular weight excluding hydrogens is 370 g/mol. The highest BCUT2D eigenvalue weighted by molar-refractivity contribution is 5.89. The molecule has 1 aliphatic rings. The first-order valence-corrected chi connectivity index (χ1v) is 8.96. The quantitative estimate of drug-likeness (QED) is 0.654. The van der Waals surface area contributed by atoms with E-state index >= 15 is 0 Å². The van der Waals surface area contributed by atoms with E-state index in [1.54, 1.807) is 19.1 Å². The van der Waals surface area contributed by atoms with E-state index in [-0.39, 0.29) is 42.6 Å². The number of halogens is 1. The Bertz CT molecular complexity index is 639. The van der Waals surface area contributed by atoms with E-state index in [0.717, 1.165) is 12.0 Å². The lowest BCUT2D eigenvalue weighted by Crippen LogP contribution is -2.35. The molecule has 2 amide bonds. The molecule has 1 aromatic rings. The summed E-state index contributed by atoms with van der Waals surface area (Å²) in [4.78, 5) is 26.1. The minimum atomic E-state index is -0.277. The molecule has 8 heteroatoms. The molecule has 2 rings (SSSR count). The highest BCUT2D eigenvalue weighted by atomic mass is 35.5. The molecule has 1 saturated heterocycles. The number of hydrogen-bond donors (Lipinski definition) is 2. The van der Waals surface area contributed by atoms with Gasteiger partial charge in [0.25, 0.3) is 0 Å². The molecule has 2 unspecified atom stereocenters. The van der Waals surface area contributed by atoms with Gasteiger partial charge in [-0.2, -0.15) is 0 Å². The van der Waals surface area contributed by atoms with Crippen LogP contribution in [-0.4, -0.2) is 56.6 Å². The van der Waals surface area contributed by atoms with Crippen molar-refractivity contribution in [2.24, 2.45) is 11.7 Å². The van der Waals surface area contributed by atoms with Crippen LogP contribution < -0.4 is 20.5 Å². The maximum atomic E-state index is 12.2. The van der Waals surface area contributed by atoms with Crippen LogP contribution in [0.4, 0.5) is 0 Å². The molecule has 1 heterocycles. The van der Waals surface area contributed by atoms with Gasteiger partial charge in [0.15, 0.2) is 11.5 Å². The van der Waals surface area contributed by atoms with Crippen molar-refractivity contribution in [1.29, 1.82) is 0 Å². The molecule has 0 bridgehead atoms. The Morgan fingerprint density at radius 3 is 2.67 bits per heavy atom. The van der Waals surface area contributed by atoms with Gasteiger partial charge in [-0.1, -0.05) is 6.07 Å². The number of ether oxygens (including phenoxy) is 2. The first-order chi connectivity index (χ1) is 12.4. The van der Waals surface area contributed by atoms with E-state index in [9.17, 15) is 9.59 Å². The van der Waals surface area contributed by atoms with E-state index in [1.165, 1.54) is 0 Å². The van der Waals surface area contributed by atoms with Crippen molar-refractivity contribution in [2.45, 2.75) is 32.2 Å². The topological polar surface area (TPSA) is 93.9 Å². The molecule has 27 heavy (non-hydrogen) atoms. The standard InChI is InChI=1S/C19H29N3O4.ClH/c1-13(20)6-8-21-19(24)15-11-18(23)22(12-15)9-7-14-4-5-16(25-2)17(10-14)26-3;/h4-5,10,13,15H,6-9,11-12,20H2,1-3H3,(H,21,24);1H. The molecule has 2 atom stereocenters. The van der Waals surface area contributed by atoms with Gasteiger partial charge in [0.2, 0.25) is 11.8 Å². The van der Waals surface area contributed by atoms with Gasteiger partial charge < -0.3 is 25.4 Å². The third-order valence-electron chi connectivity index (χ3n) is 4.60. The molecule has 0 saturated carbocycles. The van der Waals surface area contributed by atoms with Crippen molar-refractivity contribution >= 4 is 24.2 Å². The van der Waals surface area contributed by atoms with E-state index in [2.05, 4.69) is 5.32 Å². The number of rotatable bonds is 9. The van der Waals surface area contributed by atoms with Crippen LogP contribution in [0.1, 0.15) is 25.3 Å². The molecular formula is C19H30ClN3O4. The Hall–Kier alpha value is -1.99. The largest absolute Gasteiger partial charge is 0.493 e. The number of benzene rings is 1.